The molecule has 2 unspecified atom stereocenters. The van der Waals surface area contributed by atoms with Gasteiger partial charge < -0.3 is 9.84 Å². The van der Waals surface area contributed by atoms with E-state index in [1.807, 2.05) is 6.92 Å². The van der Waals surface area contributed by atoms with E-state index in [2.05, 4.69) is 0 Å². The zero-order valence-corrected chi connectivity index (χ0v) is 9.41. The highest BCUT2D eigenvalue weighted by molar-refractivity contribution is 5.19. The van der Waals surface area contributed by atoms with E-state index in [0.717, 1.165) is 6.07 Å². The molecule has 1 rings (SSSR count). The summed E-state index contributed by atoms with van der Waals surface area (Å²) in [5.74, 6) is -1.25. The summed E-state index contributed by atoms with van der Waals surface area (Å²) in [7, 11) is 1.50. The fourth-order valence-corrected chi connectivity index (χ4v) is 1.64. The average molecular weight is 230 g/mol. The van der Waals surface area contributed by atoms with Gasteiger partial charge in [0.25, 0.3) is 0 Å². The molecule has 0 aliphatic heterocycles. The van der Waals surface area contributed by atoms with Crippen molar-refractivity contribution in [3.8, 4) is 0 Å². The van der Waals surface area contributed by atoms with Gasteiger partial charge in [0.2, 0.25) is 0 Å². The summed E-state index contributed by atoms with van der Waals surface area (Å²) >= 11 is 0. The van der Waals surface area contributed by atoms with E-state index in [1.54, 1.807) is 0 Å². The highest BCUT2D eigenvalue weighted by atomic mass is 19.1. The second kappa shape index (κ2) is 5.92. The Kier molecular flexibility index (Phi) is 4.83. The number of hydrogen-bond acceptors (Lipinski definition) is 2. The number of rotatable bonds is 5. The van der Waals surface area contributed by atoms with E-state index >= 15 is 0 Å². The third-order valence-electron chi connectivity index (χ3n) is 2.58. The van der Waals surface area contributed by atoms with Crippen molar-refractivity contribution in [3.05, 3.63) is 35.4 Å². The maximum atomic E-state index is 13.3. The van der Waals surface area contributed by atoms with E-state index in [-0.39, 0.29) is 12.5 Å². The number of hydrogen-bond donors (Lipinski definition) is 1. The molecule has 0 saturated heterocycles. The molecular formula is C12H16F2O2. The van der Waals surface area contributed by atoms with Gasteiger partial charge in [-0.25, -0.2) is 8.78 Å². The number of methoxy groups -OCH3 is 1. The van der Waals surface area contributed by atoms with Crippen molar-refractivity contribution in [2.75, 3.05) is 7.11 Å². The lowest BCUT2D eigenvalue weighted by Gasteiger charge is -2.20. The second-order valence-corrected chi connectivity index (χ2v) is 3.69. The van der Waals surface area contributed by atoms with Gasteiger partial charge in [0.05, 0.1) is 12.2 Å². The Balaban J connectivity index is 2.72. The molecule has 0 saturated carbocycles. The van der Waals surface area contributed by atoms with Crippen LogP contribution < -0.4 is 0 Å². The summed E-state index contributed by atoms with van der Waals surface area (Å²) in [5, 5.41) is 9.77. The molecule has 0 spiro atoms. The fourth-order valence-electron chi connectivity index (χ4n) is 1.64. The van der Waals surface area contributed by atoms with E-state index in [4.69, 9.17) is 4.74 Å². The third kappa shape index (κ3) is 3.25. The minimum atomic E-state index is -0.782. The van der Waals surface area contributed by atoms with Crippen molar-refractivity contribution in [1.82, 2.24) is 0 Å². The van der Waals surface area contributed by atoms with Crippen molar-refractivity contribution in [1.29, 1.82) is 0 Å². The molecule has 4 heteroatoms. The molecule has 1 N–H and O–H groups in total. The Labute approximate surface area is 93.9 Å². The van der Waals surface area contributed by atoms with E-state index < -0.39 is 17.7 Å². The van der Waals surface area contributed by atoms with Gasteiger partial charge in [-0.1, -0.05) is 13.0 Å². The van der Waals surface area contributed by atoms with Gasteiger partial charge in [-0.2, -0.15) is 0 Å². The predicted octanol–water partition coefficient (Wildman–Crippen LogP) is 2.29. The van der Waals surface area contributed by atoms with Crippen LogP contribution in [0.4, 0.5) is 8.78 Å². The standard InChI is InChI=1S/C12H16F2O2/c1-3-12(16-2)11(15)6-8-4-5-9(13)7-10(8)14/h4-5,7,11-12,15H,3,6H2,1-2H3. The van der Waals surface area contributed by atoms with Gasteiger partial charge in [0.15, 0.2) is 0 Å². The normalized spacial score (nSPS) is 14.8. The Morgan fingerprint density at radius 3 is 2.56 bits per heavy atom. The van der Waals surface area contributed by atoms with Gasteiger partial charge in [0, 0.05) is 19.6 Å². The molecule has 0 amide bonds. The van der Waals surface area contributed by atoms with Crippen LogP contribution in [0.25, 0.3) is 0 Å². The predicted molar refractivity (Wildman–Crippen MR) is 57.2 cm³/mol. The van der Waals surface area contributed by atoms with Crippen molar-refractivity contribution in [2.24, 2.45) is 0 Å². The first-order chi connectivity index (χ1) is 7.58. The van der Waals surface area contributed by atoms with Gasteiger partial charge in [-0.05, 0) is 18.1 Å². The fraction of sp³-hybridized carbons (Fsp3) is 0.500. The van der Waals surface area contributed by atoms with Gasteiger partial charge in [-0.3, -0.25) is 0 Å². The Morgan fingerprint density at radius 1 is 1.38 bits per heavy atom. The third-order valence-corrected chi connectivity index (χ3v) is 2.58. The van der Waals surface area contributed by atoms with Crippen LogP contribution in [0.15, 0.2) is 18.2 Å². The highest BCUT2D eigenvalue weighted by Gasteiger charge is 2.18. The van der Waals surface area contributed by atoms with Crippen molar-refractivity contribution < 1.29 is 18.6 Å². The van der Waals surface area contributed by atoms with Crippen LogP contribution >= 0.6 is 0 Å². The molecule has 2 atom stereocenters. The molecule has 1 aromatic carbocycles. The second-order valence-electron chi connectivity index (χ2n) is 3.69. The molecule has 2 nitrogen and oxygen atoms in total. The first-order valence-corrected chi connectivity index (χ1v) is 5.23. The molecule has 0 aliphatic carbocycles. The van der Waals surface area contributed by atoms with Crippen LogP contribution in [0.2, 0.25) is 0 Å². The topological polar surface area (TPSA) is 29.5 Å². The van der Waals surface area contributed by atoms with E-state index in [1.165, 1.54) is 19.2 Å². The summed E-state index contributed by atoms with van der Waals surface area (Å²) in [5.41, 5.74) is 0.296. The maximum Gasteiger partial charge on any atom is 0.129 e. The number of ether oxygens (including phenoxy) is 1. The lowest BCUT2D eigenvalue weighted by Crippen LogP contribution is -2.29. The van der Waals surface area contributed by atoms with Crippen LogP contribution in [0.5, 0.6) is 0 Å². The van der Waals surface area contributed by atoms with Crippen molar-refractivity contribution in [2.45, 2.75) is 32.0 Å². The van der Waals surface area contributed by atoms with Crippen LogP contribution in [0.3, 0.4) is 0 Å². The smallest absolute Gasteiger partial charge is 0.129 e. The summed E-state index contributed by atoms with van der Waals surface area (Å²) in [6.07, 6.45) is -0.349. The molecule has 0 aromatic heterocycles. The number of halogens is 2. The molecule has 0 radical (unpaired) electrons. The van der Waals surface area contributed by atoms with Crippen molar-refractivity contribution >= 4 is 0 Å². The highest BCUT2D eigenvalue weighted by Crippen LogP contribution is 2.15. The molecule has 0 aliphatic rings. The first-order valence-electron chi connectivity index (χ1n) is 5.23. The first kappa shape index (κ1) is 13.1. The summed E-state index contributed by atoms with van der Waals surface area (Å²) in [6.45, 7) is 1.87. The molecule has 0 fully saturated rings. The van der Waals surface area contributed by atoms with Gasteiger partial charge >= 0.3 is 0 Å². The monoisotopic (exact) mass is 230 g/mol. The van der Waals surface area contributed by atoms with Gasteiger partial charge in [-0.15, -0.1) is 0 Å². The zero-order chi connectivity index (χ0) is 12.1. The summed E-state index contributed by atoms with van der Waals surface area (Å²) in [6, 6.07) is 3.34. The molecular weight excluding hydrogens is 214 g/mol. The average Bonchev–Trinajstić information content (AvgIpc) is 2.24. The lowest BCUT2D eigenvalue weighted by atomic mass is 10.0. The van der Waals surface area contributed by atoms with Gasteiger partial charge in [0.1, 0.15) is 11.6 Å². The van der Waals surface area contributed by atoms with Crippen molar-refractivity contribution in [3.63, 3.8) is 0 Å². The largest absolute Gasteiger partial charge is 0.390 e. The lowest BCUT2D eigenvalue weighted by molar-refractivity contribution is -0.0132. The minimum absolute atomic E-state index is 0.123. The summed E-state index contributed by atoms with van der Waals surface area (Å²) in [4.78, 5) is 0. The Bertz CT molecular complexity index is 338. The molecule has 0 heterocycles. The zero-order valence-electron chi connectivity index (χ0n) is 9.41. The van der Waals surface area contributed by atoms with Crippen LogP contribution in [-0.4, -0.2) is 24.4 Å². The molecule has 1 aromatic rings. The summed E-state index contributed by atoms with van der Waals surface area (Å²) < 4.78 is 31.0. The minimum Gasteiger partial charge on any atom is -0.390 e. The quantitative estimate of drug-likeness (QED) is 0.841. The maximum absolute atomic E-state index is 13.3. The van der Waals surface area contributed by atoms with Crippen LogP contribution in [0.1, 0.15) is 18.9 Å². The Morgan fingerprint density at radius 2 is 2.06 bits per heavy atom. The number of aliphatic hydroxyl groups excluding tert-OH is 1. The van der Waals surface area contributed by atoms with E-state index in [0.29, 0.717) is 12.0 Å². The molecule has 16 heavy (non-hydrogen) atoms. The Hall–Kier alpha value is -1.00. The van der Waals surface area contributed by atoms with Crippen LogP contribution in [-0.2, 0) is 11.2 Å². The molecule has 90 valence electrons. The number of benzene rings is 1. The molecule has 0 bridgehead atoms. The number of aliphatic hydroxyl groups is 1. The SMILES string of the molecule is CCC(OC)C(O)Cc1ccc(F)cc1F. The van der Waals surface area contributed by atoms with Crippen LogP contribution in [0, 0.1) is 11.6 Å². The van der Waals surface area contributed by atoms with E-state index in [9.17, 15) is 13.9 Å².